The van der Waals surface area contributed by atoms with Crippen LogP contribution in [0.3, 0.4) is 0 Å². The van der Waals surface area contributed by atoms with Gasteiger partial charge in [-0.1, -0.05) is 13.2 Å². The number of fused-ring (bicyclic) bond motifs is 1. The fraction of sp³-hybridized carbons (Fsp3) is 0.391. The number of methoxy groups -OCH3 is 2. The van der Waals surface area contributed by atoms with Gasteiger partial charge in [-0.15, -0.1) is 0 Å². The lowest BCUT2D eigenvalue weighted by molar-refractivity contribution is 0.200. The average molecular weight is 444 g/mol. The Morgan fingerprint density at radius 3 is 2.94 bits per heavy atom. The molecule has 32 heavy (non-hydrogen) atoms. The molecule has 0 bridgehead atoms. The maximum Gasteiger partial charge on any atom is 0.168 e. The first-order valence-electron chi connectivity index (χ1n) is 10.3. The van der Waals surface area contributed by atoms with E-state index in [1.165, 1.54) is 19.4 Å². The molecule has 0 amide bonds. The molecular weight excluding hydrogens is 413 g/mol. The molecule has 3 N–H and O–H groups in total. The largest absolute Gasteiger partial charge is 0.497 e. The van der Waals surface area contributed by atoms with Crippen LogP contribution in [0, 0.1) is 5.82 Å². The highest BCUT2D eigenvalue weighted by molar-refractivity contribution is 5.76. The van der Waals surface area contributed by atoms with Crippen LogP contribution in [-0.2, 0) is 19.4 Å². The third-order valence-corrected chi connectivity index (χ3v) is 5.51. The van der Waals surface area contributed by atoms with Crippen LogP contribution in [0.25, 0.3) is 0 Å². The number of aliphatic hydroxyl groups is 1. The van der Waals surface area contributed by atoms with E-state index in [1.54, 1.807) is 24.3 Å². The van der Waals surface area contributed by atoms with Crippen molar-refractivity contribution in [3.63, 3.8) is 0 Å². The van der Waals surface area contributed by atoms with Crippen LogP contribution in [0.1, 0.15) is 34.9 Å². The van der Waals surface area contributed by atoms with E-state index in [-0.39, 0.29) is 17.5 Å². The number of allylic oxidation sites excluding steroid dienone is 1. The van der Waals surface area contributed by atoms with Crippen molar-refractivity contribution in [3.8, 4) is 11.5 Å². The van der Waals surface area contributed by atoms with E-state index < -0.39 is 6.23 Å². The minimum Gasteiger partial charge on any atom is -0.497 e. The molecule has 2 atom stereocenters. The van der Waals surface area contributed by atoms with Gasteiger partial charge in [-0.2, -0.15) is 10.2 Å². The molecule has 1 aromatic carbocycles. The third kappa shape index (κ3) is 5.28. The van der Waals surface area contributed by atoms with Crippen molar-refractivity contribution in [1.82, 2.24) is 20.5 Å². The number of hydrogen-bond acceptors (Lipinski definition) is 7. The van der Waals surface area contributed by atoms with Crippen LogP contribution in [-0.4, -0.2) is 54.0 Å². The fourth-order valence-corrected chi connectivity index (χ4v) is 3.84. The molecular formula is C23H30FN5O3. The first kappa shape index (κ1) is 23.3. The van der Waals surface area contributed by atoms with E-state index in [4.69, 9.17) is 9.47 Å². The SMILES string of the molecule is C=CC(O)NC(=C)/C=N\N(C)Cc1n[nH]c2c1CCC(c1cc(OC)cc(OC)c1F)C2. The molecule has 8 nitrogen and oxygen atoms in total. The van der Waals surface area contributed by atoms with Gasteiger partial charge in [0.2, 0.25) is 0 Å². The Bertz CT molecular complexity index is 1000. The number of nitrogens with one attached hydrogen (secondary N) is 2. The number of halogens is 1. The van der Waals surface area contributed by atoms with Gasteiger partial charge in [-0.05, 0) is 48.4 Å². The Balaban J connectivity index is 1.69. The van der Waals surface area contributed by atoms with E-state index in [0.29, 0.717) is 30.0 Å². The molecule has 2 aromatic rings. The lowest BCUT2D eigenvalue weighted by Crippen LogP contribution is -2.26. The smallest absolute Gasteiger partial charge is 0.168 e. The number of aliphatic hydroxyl groups excluding tert-OH is 1. The maximum atomic E-state index is 14.9. The third-order valence-electron chi connectivity index (χ3n) is 5.51. The summed E-state index contributed by atoms with van der Waals surface area (Å²) in [6.45, 7) is 7.78. The minimum atomic E-state index is -0.875. The average Bonchev–Trinajstić information content (AvgIpc) is 3.19. The second kappa shape index (κ2) is 10.3. The van der Waals surface area contributed by atoms with Crippen LogP contribution >= 0.6 is 0 Å². The summed E-state index contributed by atoms with van der Waals surface area (Å²) in [5, 5.41) is 25.9. The zero-order valence-corrected chi connectivity index (χ0v) is 18.7. The topological polar surface area (TPSA) is 95.0 Å². The van der Waals surface area contributed by atoms with Gasteiger partial charge in [-0.25, -0.2) is 4.39 Å². The highest BCUT2D eigenvalue weighted by Gasteiger charge is 2.28. The number of rotatable bonds is 10. The van der Waals surface area contributed by atoms with Crippen molar-refractivity contribution in [2.24, 2.45) is 5.10 Å². The number of nitrogens with zero attached hydrogens (tertiary/aromatic N) is 3. The zero-order chi connectivity index (χ0) is 23.3. The lowest BCUT2D eigenvalue weighted by atomic mass is 9.82. The molecule has 0 saturated heterocycles. The molecule has 9 heteroatoms. The Hall–Kier alpha value is -3.33. The van der Waals surface area contributed by atoms with E-state index in [1.807, 2.05) is 7.05 Å². The van der Waals surface area contributed by atoms with Crippen molar-refractivity contribution in [3.05, 3.63) is 65.4 Å². The van der Waals surface area contributed by atoms with Crippen molar-refractivity contribution >= 4 is 6.21 Å². The predicted molar refractivity (Wildman–Crippen MR) is 121 cm³/mol. The molecule has 2 unspecified atom stereocenters. The molecule has 1 aliphatic carbocycles. The van der Waals surface area contributed by atoms with E-state index in [9.17, 15) is 9.50 Å². The van der Waals surface area contributed by atoms with Gasteiger partial charge in [-0.3, -0.25) is 10.1 Å². The Morgan fingerprint density at radius 2 is 2.25 bits per heavy atom. The summed E-state index contributed by atoms with van der Waals surface area (Å²) >= 11 is 0. The van der Waals surface area contributed by atoms with Gasteiger partial charge in [0.1, 0.15) is 12.0 Å². The molecule has 1 aromatic heterocycles. The second-order valence-corrected chi connectivity index (χ2v) is 7.71. The number of benzene rings is 1. The first-order valence-corrected chi connectivity index (χ1v) is 10.3. The van der Waals surface area contributed by atoms with Crippen molar-refractivity contribution in [2.45, 2.75) is 38.0 Å². The van der Waals surface area contributed by atoms with Crippen LogP contribution in [0.15, 0.2) is 42.2 Å². The van der Waals surface area contributed by atoms with Crippen molar-refractivity contribution in [2.75, 3.05) is 21.3 Å². The van der Waals surface area contributed by atoms with Crippen molar-refractivity contribution in [1.29, 1.82) is 0 Å². The number of ether oxygens (including phenoxy) is 2. The predicted octanol–water partition coefficient (Wildman–Crippen LogP) is 2.86. The second-order valence-electron chi connectivity index (χ2n) is 7.71. The van der Waals surface area contributed by atoms with Gasteiger partial charge in [0.15, 0.2) is 11.6 Å². The van der Waals surface area contributed by atoms with Crippen LogP contribution in [0.4, 0.5) is 4.39 Å². The standard InChI is InChI=1S/C23H30FN5O3/c1-6-22(30)26-14(2)12-25-29(3)13-20-17-8-7-15(9-19(17)27-28-20)18-10-16(31-4)11-21(32-5)23(18)24/h6,10-12,15,22,26,30H,1-2,7-9,13H2,3-5H3,(H,27,28)/b25-12-. The van der Waals surface area contributed by atoms with E-state index in [0.717, 1.165) is 29.8 Å². The highest BCUT2D eigenvalue weighted by atomic mass is 19.1. The molecule has 1 heterocycles. The zero-order valence-electron chi connectivity index (χ0n) is 18.7. The Kier molecular flexibility index (Phi) is 7.53. The summed E-state index contributed by atoms with van der Waals surface area (Å²) in [5.74, 6) is 0.421. The Morgan fingerprint density at radius 1 is 1.47 bits per heavy atom. The minimum absolute atomic E-state index is 0.00114. The fourth-order valence-electron chi connectivity index (χ4n) is 3.84. The van der Waals surface area contributed by atoms with Crippen LogP contribution < -0.4 is 14.8 Å². The van der Waals surface area contributed by atoms with Gasteiger partial charge in [0.25, 0.3) is 0 Å². The molecule has 0 saturated carbocycles. The molecule has 0 fully saturated rings. The van der Waals surface area contributed by atoms with Crippen LogP contribution in [0.5, 0.6) is 11.5 Å². The normalized spacial score (nSPS) is 16.3. The van der Waals surface area contributed by atoms with Crippen LogP contribution in [0.2, 0.25) is 0 Å². The Labute approximate surface area is 187 Å². The molecule has 1 aliphatic rings. The monoisotopic (exact) mass is 443 g/mol. The van der Waals surface area contributed by atoms with Crippen molar-refractivity contribution < 1.29 is 19.0 Å². The summed E-state index contributed by atoms with van der Waals surface area (Å²) in [5.41, 5.74) is 4.13. The maximum absolute atomic E-state index is 14.9. The molecule has 0 spiro atoms. The first-order chi connectivity index (χ1) is 15.4. The van der Waals surface area contributed by atoms with Gasteiger partial charge >= 0.3 is 0 Å². The van der Waals surface area contributed by atoms with Gasteiger partial charge in [0, 0.05) is 24.5 Å². The van der Waals surface area contributed by atoms with E-state index >= 15 is 0 Å². The quantitative estimate of drug-likeness (QED) is 0.226. The molecule has 172 valence electrons. The highest BCUT2D eigenvalue weighted by Crippen LogP contribution is 2.38. The number of hydrazone groups is 1. The number of aromatic nitrogens is 2. The van der Waals surface area contributed by atoms with E-state index in [2.05, 4.69) is 33.8 Å². The summed E-state index contributed by atoms with van der Waals surface area (Å²) in [6.07, 6.45) is 4.24. The van der Waals surface area contributed by atoms with Gasteiger partial charge < -0.3 is 19.9 Å². The summed E-state index contributed by atoms with van der Waals surface area (Å²) < 4.78 is 25.4. The lowest BCUT2D eigenvalue weighted by Gasteiger charge is -2.24. The summed E-state index contributed by atoms with van der Waals surface area (Å²) in [4.78, 5) is 0. The number of aromatic amines is 1. The number of H-pyrrole nitrogens is 1. The molecule has 0 radical (unpaired) electrons. The summed E-state index contributed by atoms with van der Waals surface area (Å²) in [6, 6.07) is 3.30. The molecule has 3 rings (SSSR count). The van der Waals surface area contributed by atoms with Gasteiger partial charge in [0.05, 0.1) is 32.7 Å². The summed E-state index contributed by atoms with van der Waals surface area (Å²) in [7, 11) is 4.84. The number of hydrogen-bond donors (Lipinski definition) is 3. The molecule has 0 aliphatic heterocycles.